The van der Waals surface area contributed by atoms with Crippen molar-refractivity contribution in [2.75, 3.05) is 23.7 Å². The SMILES string of the molecule is C=c1ccc2c(c1)Oc1c(cc3c4c1CCCN4CCCC3)C=2c1c(Cl)c(SCC(=O)O)c(Cl)c(Cl)c1C(=O)O. The zero-order valence-corrected chi connectivity index (χ0v) is 24.4. The second-order valence-electron chi connectivity index (χ2n) is 10.1. The van der Waals surface area contributed by atoms with Crippen molar-refractivity contribution in [3.05, 3.63) is 77.6 Å². The lowest BCUT2D eigenvalue weighted by molar-refractivity contribution is -0.133. The Hall–Kier alpha value is -2.84. The molecule has 3 heterocycles. The highest BCUT2D eigenvalue weighted by Crippen LogP contribution is 2.51. The monoisotopic (exact) mass is 615 g/mol. The number of carboxylic acid groups (broad SMARTS) is 2. The van der Waals surface area contributed by atoms with E-state index in [4.69, 9.17) is 39.5 Å². The summed E-state index contributed by atoms with van der Waals surface area (Å²) in [7, 11) is 0. The van der Waals surface area contributed by atoms with E-state index < -0.39 is 11.9 Å². The van der Waals surface area contributed by atoms with Gasteiger partial charge in [0.05, 0.1) is 26.4 Å². The van der Waals surface area contributed by atoms with Crippen molar-refractivity contribution in [1.29, 1.82) is 0 Å². The minimum atomic E-state index is -1.29. The number of rotatable bonds is 5. The van der Waals surface area contributed by atoms with E-state index in [-0.39, 0.29) is 36.8 Å². The van der Waals surface area contributed by atoms with Crippen molar-refractivity contribution in [2.24, 2.45) is 0 Å². The van der Waals surface area contributed by atoms with E-state index in [0.29, 0.717) is 22.3 Å². The molecule has 0 saturated heterocycles. The third-order valence-electron chi connectivity index (χ3n) is 7.60. The lowest BCUT2D eigenvalue weighted by atomic mass is 9.84. The van der Waals surface area contributed by atoms with E-state index >= 15 is 0 Å². The number of hydrogen-bond acceptors (Lipinski definition) is 5. The van der Waals surface area contributed by atoms with Crippen LogP contribution in [0.25, 0.3) is 12.2 Å². The van der Waals surface area contributed by atoms with Crippen LogP contribution in [0.4, 0.5) is 5.69 Å². The standard InChI is InChI=1S/C30H24Cl3NO5S/c1-14-7-8-16-19(11-14)39-28-17-6-4-10-34-9-3-2-5-15(27(17)34)12-18(28)21(16)22-23(30(37)38)24(31)26(33)29(25(22)32)40-13-20(35)36/h7-8,11-12H,1-6,9-10,13H2,(H,35,36)(H,37,38). The third-order valence-corrected chi connectivity index (χ3v) is 10.1. The number of anilines is 1. The number of fused-ring (bicyclic) bond motifs is 3. The number of aliphatic carboxylic acids is 1. The van der Waals surface area contributed by atoms with Crippen LogP contribution >= 0.6 is 46.6 Å². The van der Waals surface area contributed by atoms with Crippen molar-refractivity contribution in [1.82, 2.24) is 0 Å². The molecule has 206 valence electrons. The normalized spacial score (nSPS) is 15.5. The molecule has 0 aromatic heterocycles. The summed E-state index contributed by atoms with van der Waals surface area (Å²) >= 11 is 21.0. The summed E-state index contributed by atoms with van der Waals surface area (Å²) in [5, 5.41) is 20.8. The number of thioether (sulfide) groups is 1. The predicted octanol–water partition coefficient (Wildman–Crippen LogP) is 6.37. The van der Waals surface area contributed by atoms with Crippen LogP contribution in [0, 0.1) is 0 Å². The first kappa shape index (κ1) is 27.3. The van der Waals surface area contributed by atoms with Gasteiger partial charge in [-0.2, -0.15) is 0 Å². The zero-order valence-electron chi connectivity index (χ0n) is 21.3. The number of halogens is 3. The van der Waals surface area contributed by atoms with Crippen molar-refractivity contribution in [3.63, 3.8) is 0 Å². The maximum Gasteiger partial charge on any atom is 0.337 e. The maximum atomic E-state index is 12.7. The molecule has 3 aromatic rings. The van der Waals surface area contributed by atoms with Crippen LogP contribution in [-0.2, 0) is 17.6 Å². The topological polar surface area (TPSA) is 87.1 Å². The van der Waals surface area contributed by atoms with Crippen LogP contribution in [0.2, 0.25) is 15.1 Å². The molecule has 10 heteroatoms. The molecule has 6 nitrogen and oxygen atoms in total. The lowest BCUT2D eigenvalue weighted by Crippen LogP contribution is -2.31. The molecule has 0 amide bonds. The fourth-order valence-electron chi connectivity index (χ4n) is 6.01. The summed E-state index contributed by atoms with van der Waals surface area (Å²) < 4.78 is 6.60. The zero-order chi connectivity index (χ0) is 28.3. The van der Waals surface area contributed by atoms with Crippen molar-refractivity contribution >= 4 is 76.3 Å². The number of carbonyl (C=O) groups is 2. The Morgan fingerprint density at radius 2 is 1.77 bits per heavy atom. The van der Waals surface area contributed by atoms with Gasteiger partial charge in [-0.1, -0.05) is 53.5 Å². The Labute approximate surface area is 249 Å². The van der Waals surface area contributed by atoms with Crippen molar-refractivity contribution < 1.29 is 24.5 Å². The van der Waals surface area contributed by atoms with E-state index in [1.54, 1.807) is 0 Å². The molecule has 0 bridgehead atoms. The number of aromatic carboxylic acids is 1. The molecule has 0 radical (unpaired) electrons. The molecule has 0 saturated carbocycles. The molecule has 0 aliphatic carbocycles. The fraction of sp³-hybridized carbons (Fsp3) is 0.267. The van der Waals surface area contributed by atoms with Gasteiger partial charge in [-0.05, 0) is 55.0 Å². The van der Waals surface area contributed by atoms with Gasteiger partial charge in [0.15, 0.2) is 0 Å². The molecule has 2 N–H and O–H groups in total. The number of carboxylic acids is 2. The molecule has 0 spiro atoms. The van der Waals surface area contributed by atoms with Crippen LogP contribution in [0.5, 0.6) is 11.5 Å². The first-order chi connectivity index (χ1) is 19.2. The molecule has 3 aromatic carbocycles. The highest BCUT2D eigenvalue weighted by molar-refractivity contribution is 8.00. The molecule has 3 aliphatic heterocycles. The van der Waals surface area contributed by atoms with E-state index in [9.17, 15) is 19.8 Å². The molecule has 3 aliphatic rings. The third kappa shape index (κ3) is 4.44. The average molecular weight is 617 g/mol. The van der Waals surface area contributed by atoms with Crippen LogP contribution in [0.15, 0.2) is 29.2 Å². The number of aryl methyl sites for hydroxylation is 1. The Balaban J connectivity index is 1.75. The molecule has 6 rings (SSSR count). The Bertz CT molecular complexity index is 1740. The molecule has 0 fully saturated rings. The van der Waals surface area contributed by atoms with Gasteiger partial charge >= 0.3 is 11.9 Å². The van der Waals surface area contributed by atoms with Crippen LogP contribution in [0.1, 0.15) is 51.9 Å². The Kier molecular flexibility index (Phi) is 7.20. The van der Waals surface area contributed by atoms with Gasteiger partial charge in [-0.25, -0.2) is 4.79 Å². The minimum absolute atomic E-state index is 0.0377. The number of hydrogen-bond donors (Lipinski definition) is 2. The summed E-state index contributed by atoms with van der Waals surface area (Å²) in [5.41, 5.74) is 4.76. The second kappa shape index (κ2) is 10.5. The van der Waals surface area contributed by atoms with Crippen molar-refractivity contribution in [3.8, 4) is 11.5 Å². The number of nitrogens with zero attached hydrogens (tertiary/aromatic N) is 1. The second-order valence-corrected chi connectivity index (χ2v) is 12.2. The van der Waals surface area contributed by atoms with Gasteiger partial charge in [0.1, 0.15) is 11.5 Å². The summed E-state index contributed by atoms with van der Waals surface area (Å²) in [4.78, 5) is 26.8. The largest absolute Gasteiger partial charge is 0.481 e. The van der Waals surface area contributed by atoms with E-state index in [1.165, 1.54) is 11.3 Å². The Morgan fingerprint density at radius 1 is 1.00 bits per heavy atom. The van der Waals surface area contributed by atoms with E-state index in [2.05, 4.69) is 17.5 Å². The van der Waals surface area contributed by atoms with Gasteiger partial charge in [0.25, 0.3) is 0 Å². The smallest absolute Gasteiger partial charge is 0.337 e. The van der Waals surface area contributed by atoms with Crippen LogP contribution in [0.3, 0.4) is 0 Å². The van der Waals surface area contributed by atoms with Gasteiger partial charge in [-0.15, -0.1) is 11.8 Å². The van der Waals surface area contributed by atoms with Gasteiger partial charge in [-0.3, -0.25) is 4.79 Å². The first-order valence-electron chi connectivity index (χ1n) is 12.9. The maximum absolute atomic E-state index is 12.7. The van der Waals surface area contributed by atoms with Crippen LogP contribution in [-0.4, -0.2) is 41.0 Å². The summed E-state index contributed by atoms with van der Waals surface area (Å²) in [6.45, 7) is 6.03. The molecule has 0 unspecified atom stereocenters. The van der Waals surface area contributed by atoms with Gasteiger partial charge < -0.3 is 19.8 Å². The van der Waals surface area contributed by atoms with E-state index in [1.807, 2.05) is 18.2 Å². The fourth-order valence-corrected chi connectivity index (χ4v) is 7.91. The van der Waals surface area contributed by atoms with Crippen LogP contribution < -0.4 is 20.1 Å². The van der Waals surface area contributed by atoms with Crippen molar-refractivity contribution in [2.45, 2.75) is 37.0 Å². The number of benzene rings is 3. The number of ether oxygens (including phenoxy) is 1. The molecular formula is C30H24Cl3NO5S. The summed E-state index contributed by atoms with van der Waals surface area (Å²) in [6, 6.07) is 7.59. The van der Waals surface area contributed by atoms with Gasteiger partial charge in [0.2, 0.25) is 0 Å². The summed E-state index contributed by atoms with van der Waals surface area (Å²) in [6.07, 6.45) is 4.84. The highest BCUT2D eigenvalue weighted by Gasteiger charge is 2.35. The highest BCUT2D eigenvalue weighted by atomic mass is 35.5. The first-order valence-corrected chi connectivity index (χ1v) is 15.0. The minimum Gasteiger partial charge on any atom is -0.481 e. The molecule has 40 heavy (non-hydrogen) atoms. The summed E-state index contributed by atoms with van der Waals surface area (Å²) in [5.74, 6) is -1.48. The Morgan fingerprint density at radius 3 is 2.52 bits per heavy atom. The molecule has 0 atom stereocenters. The quantitative estimate of drug-likeness (QED) is 0.199. The predicted molar refractivity (Wildman–Crippen MR) is 160 cm³/mol. The molecular weight excluding hydrogens is 593 g/mol. The lowest BCUT2D eigenvalue weighted by Gasteiger charge is -2.35. The van der Waals surface area contributed by atoms with Gasteiger partial charge in [0, 0.05) is 51.2 Å². The average Bonchev–Trinajstić information content (AvgIpc) is 3.12. The van der Waals surface area contributed by atoms with E-state index in [0.717, 1.165) is 73.3 Å².